The molecule has 2 heterocycles. The van der Waals surface area contributed by atoms with E-state index in [1.165, 1.54) is 36.4 Å². The monoisotopic (exact) mass is 403 g/mol. The molecule has 0 saturated heterocycles. The van der Waals surface area contributed by atoms with E-state index < -0.39 is 27.8 Å². The Balaban J connectivity index is 1.98. The summed E-state index contributed by atoms with van der Waals surface area (Å²) in [6, 6.07) is 7.15. The van der Waals surface area contributed by atoms with E-state index in [9.17, 15) is 24.5 Å². The molecule has 142 valence electrons. The summed E-state index contributed by atoms with van der Waals surface area (Å²) < 4.78 is 5.56. The molecule has 0 atom stereocenters. The largest absolute Gasteiger partial charge is 0.478 e. The highest BCUT2D eigenvalue weighted by Crippen LogP contribution is 2.31. The summed E-state index contributed by atoms with van der Waals surface area (Å²) in [5, 5.41) is 20.4. The van der Waals surface area contributed by atoms with Gasteiger partial charge < -0.3 is 14.5 Å². The number of H-pyrrole nitrogens is 2. The second kappa shape index (κ2) is 7.37. The molecule has 0 bridgehead atoms. The number of aromatic carboxylic acids is 1. The number of hydrogen-bond acceptors (Lipinski definition) is 6. The zero-order valence-corrected chi connectivity index (χ0v) is 14.5. The van der Waals surface area contributed by atoms with E-state index in [1.807, 2.05) is 0 Å². The molecule has 0 aliphatic carbocycles. The number of aromatic amines is 2. The van der Waals surface area contributed by atoms with Crippen LogP contribution in [0.3, 0.4) is 0 Å². The van der Waals surface area contributed by atoms with Crippen LogP contribution in [0, 0.1) is 10.1 Å². The summed E-state index contributed by atoms with van der Waals surface area (Å²) in [6.07, 6.45) is 2.45. The van der Waals surface area contributed by atoms with E-state index in [0.29, 0.717) is 5.56 Å². The third-order valence-corrected chi connectivity index (χ3v) is 3.98. The fourth-order valence-electron chi connectivity index (χ4n) is 2.40. The number of benzene rings is 1. The van der Waals surface area contributed by atoms with Crippen molar-refractivity contribution < 1.29 is 19.2 Å². The number of carboxylic acids is 1. The second-order valence-corrected chi connectivity index (χ2v) is 5.87. The number of rotatable bonds is 5. The molecule has 0 fully saturated rings. The average Bonchev–Trinajstić information content (AvgIpc) is 3.07. The molecular weight excluding hydrogens is 394 g/mol. The smallest absolute Gasteiger partial charge is 0.357 e. The van der Waals surface area contributed by atoms with Gasteiger partial charge in [-0.15, -0.1) is 0 Å². The number of carbonyl (C=O) groups is 1. The lowest BCUT2D eigenvalue weighted by atomic mass is 10.1. The van der Waals surface area contributed by atoms with Crippen LogP contribution in [-0.4, -0.2) is 26.0 Å². The van der Waals surface area contributed by atoms with Crippen molar-refractivity contribution in [1.82, 2.24) is 9.97 Å². The van der Waals surface area contributed by atoms with Crippen molar-refractivity contribution >= 4 is 35.4 Å². The van der Waals surface area contributed by atoms with E-state index in [0.717, 1.165) is 6.08 Å². The summed E-state index contributed by atoms with van der Waals surface area (Å²) in [6.45, 7) is 0. The van der Waals surface area contributed by atoms with Gasteiger partial charge in [0.1, 0.15) is 17.2 Å². The lowest BCUT2D eigenvalue weighted by molar-refractivity contribution is -0.386. The van der Waals surface area contributed by atoms with Crippen LogP contribution >= 0.6 is 11.6 Å². The van der Waals surface area contributed by atoms with Crippen molar-refractivity contribution in [3.63, 3.8) is 0 Å². The van der Waals surface area contributed by atoms with E-state index in [-0.39, 0.29) is 27.8 Å². The maximum Gasteiger partial charge on any atom is 0.357 e. The van der Waals surface area contributed by atoms with Crippen molar-refractivity contribution in [2.45, 2.75) is 0 Å². The molecule has 0 saturated carbocycles. The molecule has 0 aliphatic rings. The molecule has 3 aromatic rings. The fourth-order valence-corrected chi connectivity index (χ4v) is 2.61. The molecule has 0 spiro atoms. The molecule has 28 heavy (non-hydrogen) atoms. The Morgan fingerprint density at radius 1 is 1.18 bits per heavy atom. The van der Waals surface area contributed by atoms with Crippen molar-refractivity contribution in [1.29, 1.82) is 0 Å². The minimum Gasteiger partial charge on any atom is -0.478 e. The van der Waals surface area contributed by atoms with Gasteiger partial charge in [-0.2, -0.15) is 0 Å². The summed E-state index contributed by atoms with van der Waals surface area (Å²) >= 11 is 6.08. The highest BCUT2D eigenvalue weighted by atomic mass is 35.5. The fraction of sp³-hybridized carbons (Fsp3) is 0. The van der Waals surface area contributed by atoms with Gasteiger partial charge in [-0.1, -0.05) is 11.6 Å². The first-order chi connectivity index (χ1) is 13.3. The Kier molecular flexibility index (Phi) is 4.96. The van der Waals surface area contributed by atoms with Crippen molar-refractivity contribution in [2.24, 2.45) is 0 Å². The van der Waals surface area contributed by atoms with Gasteiger partial charge in [-0.3, -0.25) is 19.9 Å². The minimum absolute atomic E-state index is 0.0182. The Morgan fingerprint density at radius 3 is 2.61 bits per heavy atom. The minimum atomic E-state index is -1.13. The molecule has 3 rings (SSSR count). The first-order valence-corrected chi connectivity index (χ1v) is 7.96. The molecule has 1 aromatic carbocycles. The van der Waals surface area contributed by atoms with Gasteiger partial charge in [0, 0.05) is 5.56 Å². The second-order valence-electron chi connectivity index (χ2n) is 5.46. The number of hydrogen-bond donors (Lipinski definition) is 3. The van der Waals surface area contributed by atoms with Crippen LogP contribution < -0.4 is 11.2 Å². The third-order valence-electron chi connectivity index (χ3n) is 3.65. The molecule has 0 unspecified atom stereocenters. The van der Waals surface area contributed by atoms with Crippen molar-refractivity contribution in [2.75, 3.05) is 0 Å². The van der Waals surface area contributed by atoms with Crippen molar-refractivity contribution in [3.05, 3.63) is 83.3 Å². The van der Waals surface area contributed by atoms with Crippen LogP contribution in [0.15, 0.2) is 44.3 Å². The maximum atomic E-state index is 11.6. The van der Waals surface area contributed by atoms with Crippen LogP contribution in [0.25, 0.3) is 23.5 Å². The van der Waals surface area contributed by atoms with Crippen LogP contribution in [0.1, 0.15) is 21.8 Å². The highest BCUT2D eigenvalue weighted by molar-refractivity contribution is 6.33. The molecule has 0 amide bonds. The predicted molar refractivity (Wildman–Crippen MR) is 99.4 cm³/mol. The summed E-state index contributed by atoms with van der Waals surface area (Å²) in [4.78, 5) is 48.1. The van der Waals surface area contributed by atoms with E-state index >= 15 is 0 Å². The standard InChI is InChI=1S/C17H10ClN3O7/c18-11-4-1-8(16(23)24)7-10(11)13-6-3-9(28-13)2-5-12-14(21(26)27)15(22)20-17(25)19-12/h1-7H,(H,23,24)(H2,19,20,22,25)/b5-2+. The molecule has 3 N–H and O–H groups in total. The van der Waals surface area contributed by atoms with Crippen LogP contribution in [0.2, 0.25) is 5.02 Å². The SMILES string of the molecule is O=C(O)c1ccc(Cl)c(-c2ccc(/C=C/c3[nH]c(=O)[nH]c(=O)c3[N+](=O)[O-])o2)c1. The number of nitrogens with zero attached hydrogens (tertiary/aromatic N) is 1. The van der Waals surface area contributed by atoms with Crippen molar-refractivity contribution in [3.8, 4) is 11.3 Å². The Morgan fingerprint density at radius 2 is 1.93 bits per heavy atom. The van der Waals surface area contributed by atoms with Crippen LogP contribution in [0.5, 0.6) is 0 Å². The topological polar surface area (TPSA) is 159 Å². The first-order valence-electron chi connectivity index (χ1n) is 7.58. The van der Waals surface area contributed by atoms with Gasteiger partial charge in [0.05, 0.1) is 15.5 Å². The molecular formula is C17H10ClN3O7. The molecule has 2 aromatic heterocycles. The van der Waals surface area contributed by atoms with Gasteiger partial charge in [0.2, 0.25) is 0 Å². The summed E-state index contributed by atoms with van der Waals surface area (Å²) in [5.41, 5.74) is -2.79. The molecule has 10 nitrogen and oxygen atoms in total. The number of halogens is 1. The Labute approximate surface area is 159 Å². The number of carboxylic acid groups (broad SMARTS) is 1. The zero-order valence-electron chi connectivity index (χ0n) is 13.8. The zero-order chi connectivity index (χ0) is 20.4. The molecule has 11 heteroatoms. The van der Waals surface area contributed by atoms with E-state index in [1.54, 1.807) is 4.98 Å². The lowest BCUT2D eigenvalue weighted by Crippen LogP contribution is -2.25. The van der Waals surface area contributed by atoms with E-state index in [2.05, 4.69) is 4.98 Å². The third kappa shape index (κ3) is 3.76. The van der Waals surface area contributed by atoms with Gasteiger partial charge >= 0.3 is 22.9 Å². The van der Waals surface area contributed by atoms with E-state index in [4.69, 9.17) is 21.1 Å². The molecule has 0 aliphatic heterocycles. The van der Waals surface area contributed by atoms with Crippen LogP contribution in [0.4, 0.5) is 5.69 Å². The quantitative estimate of drug-likeness (QED) is 0.436. The normalized spacial score (nSPS) is 11.0. The number of nitro groups is 1. The summed E-state index contributed by atoms with van der Waals surface area (Å²) in [5.74, 6) is -0.640. The van der Waals surface area contributed by atoms with Gasteiger partial charge in [-0.05, 0) is 42.5 Å². The lowest BCUT2D eigenvalue weighted by Gasteiger charge is -2.02. The van der Waals surface area contributed by atoms with Gasteiger partial charge in [0.15, 0.2) is 0 Å². The number of nitrogens with one attached hydrogen (secondary N) is 2. The maximum absolute atomic E-state index is 11.6. The van der Waals surface area contributed by atoms with Gasteiger partial charge in [-0.25, -0.2) is 9.59 Å². The first kappa shape index (κ1) is 18.9. The Hall–Kier alpha value is -3.92. The predicted octanol–water partition coefficient (Wildman–Crippen LogP) is 2.75. The average molecular weight is 404 g/mol. The number of aromatic nitrogens is 2. The van der Waals surface area contributed by atoms with Gasteiger partial charge in [0.25, 0.3) is 0 Å². The Bertz CT molecular complexity index is 1240. The summed E-state index contributed by atoms with van der Waals surface area (Å²) in [7, 11) is 0. The number of furan rings is 1. The highest BCUT2D eigenvalue weighted by Gasteiger charge is 2.19. The van der Waals surface area contributed by atoms with Crippen LogP contribution in [-0.2, 0) is 0 Å². The molecule has 0 radical (unpaired) electrons.